The fraction of sp³-hybridized carbons (Fsp3) is 0.464. The third-order valence-electron chi connectivity index (χ3n) is 6.34. The van der Waals surface area contributed by atoms with Crippen molar-refractivity contribution in [1.82, 2.24) is 4.90 Å². The normalized spacial score (nSPS) is 15.2. The Hall–Kier alpha value is -3.53. The maximum atomic E-state index is 12.5. The van der Waals surface area contributed by atoms with Gasteiger partial charge in [0.1, 0.15) is 5.60 Å². The highest BCUT2D eigenvalue weighted by Gasteiger charge is 2.29. The molecule has 0 saturated carbocycles. The van der Waals surface area contributed by atoms with Crippen LogP contribution in [0.15, 0.2) is 42.5 Å². The SMILES string of the molecule is CC[C@H](CC(=O)O)c1ccc(C2CCN(C(=O)OC(C)(C)C)CC2)c(Nc2ccc(C#N)cc2)c1. The standard InChI is InChI=1S/C28H35N3O4/c1-5-20(17-26(32)33)22-8-11-24(25(16-22)30-23-9-6-19(18-29)7-10-23)21-12-14-31(15-13-21)27(34)35-28(2,3)4/h6-11,16,20-21,30H,5,12-15,17H2,1-4H3,(H,32,33)/t20-/m1/s1. The van der Waals surface area contributed by atoms with E-state index in [9.17, 15) is 14.7 Å². The van der Waals surface area contributed by atoms with Gasteiger partial charge in [0.25, 0.3) is 0 Å². The van der Waals surface area contributed by atoms with Crippen LogP contribution in [0.4, 0.5) is 16.2 Å². The number of likely N-dealkylation sites (tertiary alicyclic amines) is 1. The first kappa shape index (κ1) is 26.1. The number of aliphatic carboxylic acids is 1. The number of amides is 1. The minimum Gasteiger partial charge on any atom is -0.481 e. The Morgan fingerprint density at radius 1 is 1.17 bits per heavy atom. The summed E-state index contributed by atoms with van der Waals surface area (Å²) in [5.74, 6) is -0.628. The number of nitrogens with one attached hydrogen (secondary N) is 1. The number of anilines is 2. The number of carbonyl (C=O) groups excluding carboxylic acids is 1. The molecule has 0 bridgehead atoms. The number of piperidine rings is 1. The number of carboxylic acid groups (broad SMARTS) is 1. The number of carboxylic acids is 1. The lowest BCUT2D eigenvalue weighted by atomic mass is 9.85. The van der Waals surface area contributed by atoms with Gasteiger partial charge in [0.2, 0.25) is 0 Å². The van der Waals surface area contributed by atoms with E-state index in [2.05, 4.69) is 23.5 Å². The first-order valence-corrected chi connectivity index (χ1v) is 12.2. The maximum absolute atomic E-state index is 12.5. The smallest absolute Gasteiger partial charge is 0.410 e. The molecule has 0 radical (unpaired) electrons. The largest absolute Gasteiger partial charge is 0.481 e. The predicted octanol–water partition coefficient (Wildman–Crippen LogP) is 6.38. The molecule has 1 aliphatic heterocycles. The lowest BCUT2D eigenvalue weighted by Crippen LogP contribution is -2.41. The van der Waals surface area contributed by atoms with E-state index in [4.69, 9.17) is 10.00 Å². The van der Waals surface area contributed by atoms with Gasteiger partial charge in [0, 0.05) is 24.5 Å². The first-order valence-electron chi connectivity index (χ1n) is 12.2. The molecular formula is C28H35N3O4. The number of hydrogen-bond acceptors (Lipinski definition) is 5. The summed E-state index contributed by atoms with van der Waals surface area (Å²) in [7, 11) is 0. The zero-order chi connectivity index (χ0) is 25.6. The number of rotatable bonds is 7. The second-order valence-electron chi connectivity index (χ2n) is 10.1. The topological polar surface area (TPSA) is 103 Å². The van der Waals surface area contributed by atoms with Gasteiger partial charge in [-0.2, -0.15) is 5.26 Å². The zero-order valence-electron chi connectivity index (χ0n) is 21.0. The molecular weight excluding hydrogens is 442 g/mol. The van der Waals surface area contributed by atoms with Crippen LogP contribution in [-0.2, 0) is 9.53 Å². The summed E-state index contributed by atoms with van der Waals surface area (Å²) in [4.78, 5) is 25.6. The van der Waals surface area contributed by atoms with Gasteiger partial charge in [0.15, 0.2) is 0 Å². The van der Waals surface area contributed by atoms with Crippen molar-refractivity contribution >= 4 is 23.4 Å². The van der Waals surface area contributed by atoms with Gasteiger partial charge >= 0.3 is 12.1 Å². The van der Waals surface area contributed by atoms with Crippen molar-refractivity contribution in [3.05, 3.63) is 59.2 Å². The van der Waals surface area contributed by atoms with Crippen molar-refractivity contribution in [3.63, 3.8) is 0 Å². The van der Waals surface area contributed by atoms with Crippen LogP contribution in [0.5, 0.6) is 0 Å². The van der Waals surface area contributed by atoms with Crippen LogP contribution in [0, 0.1) is 11.3 Å². The van der Waals surface area contributed by atoms with Crippen LogP contribution >= 0.6 is 0 Å². The average molecular weight is 478 g/mol. The van der Waals surface area contributed by atoms with E-state index in [1.54, 1.807) is 17.0 Å². The van der Waals surface area contributed by atoms with Crippen LogP contribution in [0.2, 0.25) is 0 Å². The molecule has 0 unspecified atom stereocenters. The van der Waals surface area contributed by atoms with Crippen LogP contribution in [0.1, 0.15) is 81.9 Å². The minimum absolute atomic E-state index is 0.0721. The van der Waals surface area contributed by atoms with Crippen molar-refractivity contribution < 1.29 is 19.4 Å². The van der Waals surface area contributed by atoms with Crippen molar-refractivity contribution in [2.24, 2.45) is 0 Å². The van der Waals surface area contributed by atoms with Gasteiger partial charge < -0.3 is 20.1 Å². The third kappa shape index (κ3) is 7.22. The number of nitrogens with zero attached hydrogens (tertiary/aromatic N) is 2. The molecule has 1 fully saturated rings. The molecule has 2 N–H and O–H groups in total. The lowest BCUT2D eigenvalue weighted by Gasteiger charge is -2.34. The van der Waals surface area contributed by atoms with E-state index in [1.165, 1.54) is 0 Å². The molecule has 1 amide bonds. The number of ether oxygens (including phenoxy) is 1. The molecule has 3 rings (SSSR count). The molecule has 1 atom stereocenters. The summed E-state index contributed by atoms with van der Waals surface area (Å²) in [5, 5.41) is 21.9. The molecule has 35 heavy (non-hydrogen) atoms. The molecule has 0 aliphatic carbocycles. The molecule has 1 heterocycles. The molecule has 186 valence electrons. The highest BCUT2D eigenvalue weighted by atomic mass is 16.6. The van der Waals surface area contributed by atoms with E-state index in [1.807, 2.05) is 45.9 Å². The number of carbonyl (C=O) groups is 2. The zero-order valence-corrected chi connectivity index (χ0v) is 21.0. The van der Waals surface area contributed by atoms with Crippen molar-refractivity contribution in [2.45, 2.75) is 70.8 Å². The molecule has 7 heteroatoms. The van der Waals surface area contributed by atoms with Crippen LogP contribution in [0.3, 0.4) is 0 Å². The van der Waals surface area contributed by atoms with Gasteiger partial charge in [-0.05, 0) is 93.3 Å². The Balaban J connectivity index is 1.85. The molecule has 0 aromatic heterocycles. The summed E-state index contributed by atoms with van der Waals surface area (Å²) in [6.07, 6.45) is 2.16. The van der Waals surface area contributed by atoms with Crippen molar-refractivity contribution in [3.8, 4) is 6.07 Å². The van der Waals surface area contributed by atoms with Gasteiger partial charge in [-0.1, -0.05) is 19.1 Å². The van der Waals surface area contributed by atoms with Crippen molar-refractivity contribution in [1.29, 1.82) is 5.26 Å². The Labute approximate surface area is 207 Å². The van der Waals surface area contributed by atoms with E-state index < -0.39 is 11.6 Å². The molecule has 2 aromatic rings. The molecule has 0 spiro atoms. The molecule has 1 saturated heterocycles. The number of hydrogen-bond donors (Lipinski definition) is 2. The maximum Gasteiger partial charge on any atom is 0.410 e. The Morgan fingerprint density at radius 3 is 2.37 bits per heavy atom. The summed E-state index contributed by atoms with van der Waals surface area (Å²) in [6.45, 7) is 8.85. The summed E-state index contributed by atoms with van der Waals surface area (Å²) in [6, 6.07) is 15.6. The number of benzene rings is 2. The van der Waals surface area contributed by atoms with Crippen LogP contribution in [-0.4, -0.2) is 40.8 Å². The summed E-state index contributed by atoms with van der Waals surface area (Å²) < 4.78 is 5.53. The van der Waals surface area contributed by atoms with Crippen molar-refractivity contribution in [2.75, 3.05) is 18.4 Å². The predicted molar refractivity (Wildman–Crippen MR) is 136 cm³/mol. The van der Waals surface area contributed by atoms with Gasteiger partial charge in [0.05, 0.1) is 18.1 Å². The molecule has 2 aromatic carbocycles. The third-order valence-corrected chi connectivity index (χ3v) is 6.34. The lowest BCUT2D eigenvalue weighted by molar-refractivity contribution is -0.137. The minimum atomic E-state index is -0.808. The van der Waals surface area contributed by atoms with Crippen LogP contribution < -0.4 is 5.32 Å². The van der Waals surface area contributed by atoms with Gasteiger partial charge in [-0.3, -0.25) is 4.79 Å². The van der Waals surface area contributed by atoms with Crippen LogP contribution in [0.25, 0.3) is 0 Å². The Bertz CT molecular complexity index is 1070. The summed E-state index contributed by atoms with van der Waals surface area (Å²) in [5.41, 5.74) is 4.00. The second-order valence-corrected chi connectivity index (χ2v) is 10.1. The molecule has 1 aliphatic rings. The quantitative estimate of drug-likeness (QED) is 0.479. The highest BCUT2D eigenvalue weighted by Crippen LogP contribution is 2.37. The average Bonchev–Trinajstić information content (AvgIpc) is 2.82. The highest BCUT2D eigenvalue weighted by molar-refractivity contribution is 5.70. The Kier molecular flexibility index (Phi) is 8.39. The second kappa shape index (κ2) is 11.3. The van der Waals surface area contributed by atoms with E-state index in [0.29, 0.717) is 18.7 Å². The summed E-state index contributed by atoms with van der Waals surface area (Å²) >= 11 is 0. The van der Waals surface area contributed by atoms with Gasteiger partial charge in [-0.15, -0.1) is 0 Å². The van der Waals surface area contributed by atoms with E-state index >= 15 is 0 Å². The Morgan fingerprint density at radius 2 is 1.83 bits per heavy atom. The number of nitriles is 1. The van der Waals surface area contributed by atoms with Gasteiger partial charge in [-0.25, -0.2) is 4.79 Å². The van der Waals surface area contributed by atoms with E-state index in [0.717, 1.165) is 41.8 Å². The fourth-order valence-electron chi connectivity index (χ4n) is 4.48. The fourth-order valence-corrected chi connectivity index (χ4v) is 4.48. The van der Waals surface area contributed by atoms with E-state index in [-0.39, 0.29) is 24.3 Å². The molecule has 7 nitrogen and oxygen atoms in total. The first-order chi connectivity index (χ1) is 16.6. The monoisotopic (exact) mass is 477 g/mol.